The van der Waals surface area contributed by atoms with Crippen molar-refractivity contribution in [2.75, 3.05) is 24.5 Å². The van der Waals surface area contributed by atoms with E-state index in [1.807, 2.05) is 25.1 Å². The monoisotopic (exact) mass is 277 g/mol. The predicted octanol–water partition coefficient (Wildman–Crippen LogP) is 2.60. The smallest absolute Gasteiger partial charge is 0.407 e. The number of carbonyl (C=O) groups is 1. The average molecular weight is 277 g/mol. The molecule has 5 heteroatoms. The molecule has 1 aliphatic rings. The molecule has 1 aromatic heterocycles. The highest BCUT2D eigenvalue weighted by atomic mass is 16.4. The Bertz CT molecular complexity index is 496. The largest absolute Gasteiger partial charge is 0.465 e. The first-order valence-electron chi connectivity index (χ1n) is 6.97. The molecule has 1 amide bonds. The van der Waals surface area contributed by atoms with Gasteiger partial charge in [0.25, 0.3) is 0 Å². The molecule has 1 saturated heterocycles. The molecule has 1 atom stereocenters. The van der Waals surface area contributed by atoms with E-state index in [1.165, 1.54) is 0 Å². The highest BCUT2D eigenvalue weighted by molar-refractivity contribution is 5.66. The van der Waals surface area contributed by atoms with Crippen LogP contribution in [0, 0.1) is 12.3 Å². The van der Waals surface area contributed by atoms with Gasteiger partial charge in [-0.25, -0.2) is 9.78 Å². The molecule has 1 N–H and O–H groups in total. The van der Waals surface area contributed by atoms with E-state index in [1.54, 1.807) is 4.90 Å². The number of hydrogen-bond donors (Lipinski definition) is 1. The van der Waals surface area contributed by atoms with Gasteiger partial charge in [-0.1, -0.05) is 26.8 Å². The first kappa shape index (κ1) is 14.6. The molecular weight excluding hydrogens is 254 g/mol. The van der Waals surface area contributed by atoms with Crippen LogP contribution in [-0.4, -0.2) is 46.8 Å². The predicted molar refractivity (Wildman–Crippen MR) is 79.2 cm³/mol. The fourth-order valence-corrected chi connectivity index (χ4v) is 2.67. The fourth-order valence-electron chi connectivity index (χ4n) is 2.67. The molecule has 1 fully saturated rings. The number of carboxylic acid groups (broad SMARTS) is 1. The molecule has 5 nitrogen and oxygen atoms in total. The van der Waals surface area contributed by atoms with Crippen LogP contribution >= 0.6 is 0 Å². The standard InChI is InChI=1S/C15H23N3O2/c1-11-6-5-7-13(16-11)17-8-9-18(14(19)20)12(10-17)15(2,3)4/h5-7,12H,8-10H2,1-4H3,(H,19,20). The van der Waals surface area contributed by atoms with Crippen LogP contribution in [0.3, 0.4) is 0 Å². The Hall–Kier alpha value is -1.78. The number of rotatable bonds is 1. The van der Waals surface area contributed by atoms with Crippen molar-refractivity contribution < 1.29 is 9.90 Å². The minimum absolute atomic E-state index is 0.0314. The molecule has 1 aromatic rings. The number of pyridine rings is 1. The van der Waals surface area contributed by atoms with Crippen molar-refractivity contribution in [2.45, 2.75) is 33.7 Å². The zero-order valence-electron chi connectivity index (χ0n) is 12.6. The van der Waals surface area contributed by atoms with Gasteiger partial charge in [-0.15, -0.1) is 0 Å². The van der Waals surface area contributed by atoms with E-state index in [4.69, 9.17) is 0 Å². The van der Waals surface area contributed by atoms with E-state index < -0.39 is 6.09 Å². The minimum atomic E-state index is -0.832. The first-order valence-corrected chi connectivity index (χ1v) is 6.97. The third-order valence-electron chi connectivity index (χ3n) is 3.82. The van der Waals surface area contributed by atoms with Crippen molar-refractivity contribution in [3.63, 3.8) is 0 Å². The third kappa shape index (κ3) is 3.03. The maximum Gasteiger partial charge on any atom is 0.407 e. The number of piperazine rings is 1. The molecule has 0 saturated carbocycles. The molecule has 2 heterocycles. The van der Waals surface area contributed by atoms with Crippen LogP contribution in [0.5, 0.6) is 0 Å². The van der Waals surface area contributed by atoms with E-state index in [2.05, 4.69) is 30.7 Å². The van der Waals surface area contributed by atoms with Gasteiger partial charge in [0.05, 0.1) is 6.04 Å². The fraction of sp³-hybridized carbons (Fsp3) is 0.600. The van der Waals surface area contributed by atoms with Gasteiger partial charge in [0.1, 0.15) is 5.82 Å². The summed E-state index contributed by atoms with van der Waals surface area (Å²) in [7, 11) is 0. The molecule has 0 bridgehead atoms. The van der Waals surface area contributed by atoms with Crippen LogP contribution in [-0.2, 0) is 0 Å². The second-order valence-corrected chi connectivity index (χ2v) is 6.44. The lowest BCUT2D eigenvalue weighted by atomic mass is 9.84. The maximum absolute atomic E-state index is 11.4. The van der Waals surface area contributed by atoms with Crippen molar-refractivity contribution >= 4 is 11.9 Å². The lowest BCUT2D eigenvalue weighted by Crippen LogP contribution is -2.59. The molecule has 110 valence electrons. The van der Waals surface area contributed by atoms with Crippen molar-refractivity contribution in [1.29, 1.82) is 0 Å². The normalized spacial score (nSPS) is 20.1. The molecular formula is C15H23N3O2. The lowest BCUT2D eigenvalue weighted by Gasteiger charge is -2.46. The summed E-state index contributed by atoms with van der Waals surface area (Å²) in [6.07, 6.45) is -0.832. The number of amides is 1. The second-order valence-electron chi connectivity index (χ2n) is 6.44. The number of nitrogens with zero attached hydrogens (tertiary/aromatic N) is 3. The van der Waals surface area contributed by atoms with Crippen LogP contribution in [0.2, 0.25) is 0 Å². The van der Waals surface area contributed by atoms with Crippen molar-refractivity contribution in [3.8, 4) is 0 Å². The topological polar surface area (TPSA) is 56.7 Å². The number of hydrogen-bond acceptors (Lipinski definition) is 3. The van der Waals surface area contributed by atoms with Gasteiger partial charge in [-0.05, 0) is 24.5 Å². The van der Waals surface area contributed by atoms with Crippen molar-refractivity contribution in [3.05, 3.63) is 23.9 Å². The van der Waals surface area contributed by atoms with E-state index in [0.717, 1.165) is 11.5 Å². The van der Waals surface area contributed by atoms with Gasteiger partial charge in [0.15, 0.2) is 0 Å². The summed E-state index contributed by atoms with van der Waals surface area (Å²) < 4.78 is 0. The van der Waals surface area contributed by atoms with Crippen molar-refractivity contribution in [1.82, 2.24) is 9.88 Å². The molecule has 0 aromatic carbocycles. The maximum atomic E-state index is 11.4. The van der Waals surface area contributed by atoms with Gasteiger partial charge in [0.2, 0.25) is 0 Å². The van der Waals surface area contributed by atoms with Crippen LogP contribution < -0.4 is 4.90 Å². The molecule has 0 aliphatic carbocycles. The number of anilines is 1. The summed E-state index contributed by atoms with van der Waals surface area (Å²) in [5, 5.41) is 9.36. The molecule has 2 rings (SSSR count). The van der Waals surface area contributed by atoms with Gasteiger partial charge >= 0.3 is 6.09 Å². The quantitative estimate of drug-likeness (QED) is 0.857. The van der Waals surface area contributed by atoms with Gasteiger partial charge in [0, 0.05) is 25.3 Å². The summed E-state index contributed by atoms with van der Waals surface area (Å²) in [5.41, 5.74) is 0.886. The second kappa shape index (κ2) is 5.31. The Labute approximate surface area is 120 Å². The summed E-state index contributed by atoms with van der Waals surface area (Å²) in [4.78, 5) is 19.7. The molecule has 0 radical (unpaired) electrons. The van der Waals surface area contributed by atoms with Gasteiger partial charge < -0.3 is 14.9 Å². The average Bonchev–Trinajstić information content (AvgIpc) is 2.37. The van der Waals surface area contributed by atoms with Crippen LogP contribution in [0.4, 0.5) is 10.6 Å². The zero-order chi connectivity index (χ0) is 14.9. The Morgan fingerprint density at radius 3 is 2.60 bits per heavy atom. The summed E-state index contributed by atoms with van der Waals surface area (Å²) in [6.45, 7) is 10.1. The Morgan fingerprint density at radius 1 is 1.35 bits per heavy atom. The molecule has 0 spiro atoms. The summed E-state index contributed by atoms with van der Waals surface area (Å²) in [6, 6.07) is 5.92. The zero-order valence-corrected chi connectivity index (χ0v) is 12.6. The van der Waals surface area contributed by atoms with Crippen LogP contribution in [0.15, 0.2) is 18.2 Å². The van der Waals surface area contributed by atoms with Gasteiger partial charge in [-0.2, -0.15) is 0 Å². The Kier molecular flexibility index (Phi) is 3.88. The Balaban J connectivity index is 2.23. The third-order valence-corrected chi connectivity index (χ3v) is 3.82. The first-order chi connectivity index (χ1) is 9.29. The molecule has 1 unspecified atom stereocenters. The van der Waals surface area contributed by atoms with Crippen LogP contribution in [0.1, 0.15) is 26.5 Å². The highest BCUT2D eigenvalue weighted by Crippen LogP contribution is 2.29. The Morgan fingerprint density at radius 2 is 2.05 bits per heavy atom. The molecule has 1 aliphatic heterocycles. The summed E-state index contributed by atoms with van der Waals surface area (Å²) >= 11 is 0. The highest BCUT2D eigenvalue weighted by Gasteiger charge is 2.38. The van der Waals surface area contributed by atoms with E-state index in [-0.39, 0.29) is 11.5 Å². The minimum Gasteiger partial charge on any atom is -0.465 e. The lowest BCUT2D eigenvalue weighted by molar-refractivity contribution is 0.0747. The number of aromatic nitrogens is 1. The van der Waals surface area contributed by atoms with E-state index >= 15 is 0 Å². The van der Waals surface area contributed by atoms with Crippen LogP contribution in [0.25, 0.3) is 0 Å². The van der Waals surface area contributed by atoms with Crippen molar-refractivity contribution in [2.24, 2.45) is 5.41 Å². The SMILES string of the molecule is Cc1cccc(N2CCN(C(=O)O)C(C(C)(C)C)C2)n1. The molecule has 20 heavy (non-hydrogen) atoms. The van der Waals surface area contributed by atoms with E-state index in [9.17, 15) is 9.90 Å². The van der Waals surface area contributed by atoms with E-state index in [0.29, 0.717) is 19.6 Å². The van der Waals surface area contributed by atoms with Gasteiger partial charge in [-0.3, -0.25) is 0 Å². The summed E-state index contributed by atoms with van der Waals surface area (Å²) in [5.74, 6) is 0.935. The number of aryl methyl sites for hydroxylation is 1.